The average Bonchev–Trinajstić information content (AvgIpc) is 2.70. The van der Waals surface area contributed by atoms with Gasteiger partial charge in [-0.3, -0.25) is 11.3 Å². The summed E-state index contributed by atoms with van der Waals surface area (Å²) in [6.45, 7) is 2.70. The molecule has 1 rings (SSSR count). The van der Waals surface area contributed by atoms with Crippen LogP contribution < -0.4 is 11.3 Å². The van der Waals surface area contributed by atoms with E-state index < -0.39 is 12.6 Å². The summed E-state index contributed by atoms with van der Waals surface area (Å²) in [5, 5.41) is 0. The van der Waals surface area contributed by atoms with E-state index in [9.17, 15) is 13.2 Å². The topological polar surface area (TPSA) is 47.3 Å². The lowest BCUT2D eigenvalue weighted by Crippen LogP contribution is -2.43. The number of hydrogen-bond donors (Lipinski definition) is 2. The standard InChI is InChI=1S/C11H21F3N2O/c1-2-10-8(5-7-17-10)9(16-15)4-3-6-11(12,13)14/h8-10,16H,2-7,15H2,1H3. The first-order valence-corrected chi connectivity index (χ1v) is 6.12. The Bertz CT molecular complexity index is 223. The van der Waals surface area contributed by atoms with Crippen molar-refractivity contribution in [3.63, 3.8) is 0 Å². The zero-order valence-electron chi connectivity index (χ0n) is 10.1. The van der Waals surface area contributed by atoms with Gasteiger partial charge in [0, 0.05) is 25.0 Å². The molecule has 0 saturated carbocycles. The summed E-state index contributed by atoms with van der Waals surface area (Å²) in [5.41, 5.74) is 2.65. The van der Waals surface area contributed by atoms with Crippen molar-refractivity contribution in [3.8, 4) is 0 Å². The maximum atomic E-state index is 12.1. The number of hydrogen-bond acceptors (Lipinski definition) is 3. The number of ether oxygens (including phenoxy) is 1. The zero-order valence-corrected chi connectivity index (χ0v) is 10.1. The Labute approximate surface area is 99.9 Å². The van der Waals surface area contributed by atoms with Crippen molar-refractivity contribution in [1.82, 2.24) is 5.43 Å². The maximum Gasteiger partial charge on any atom is 0.389 e. The first-order chi connectivity index (χ1) is 7.98. The summed E-state index contributed by atoms with van der Waals surface area (Å²) in [6.07, 6.45) is -2.37. The van der Waals surface area contributed by atoms with Gasteiger partial charge in [-0.2, -0.15) is 13.2 Å². The van der Waals surface area contributed by atoms with Gasteiger partial charge in [-0.25, -0.2) is 0 Å². The van der Waals surface area contributed by atoms with Crippen molar-refractivity contribution in [2.75, 3.05) is 6.61 Å². The van der Waals surface area contributed by atoms with Crippen molar-refractivity contribution in [2.45, 2.75) is 57.3 Å². The molecule has 1 aliphatic heterocycles. The van der Waals surface area contributed by atoms with Gasteiger partial charge in [0.25, 0.3) is 0 Å². The molecule has 3 atom stereocenters. The van der Waals surface area contributed by atoms with E-state index >= 15 is 0 Å². The van der Waals surface area contributed by atoms with Crippen molar-refractivity contribution < 1.29 is 17.9 Å². The fourth-order valence-electron chi connectivity index (χ4n) is 2.49. The second-order valence-corrected chi connectivity index (χ2v) is 4.55. The summed E-state index contributed by atoms with van der Waals surface area (Å²) in [5.74, 6) is 5.67. The number of alkyl halides is 3. The maximum absolute atomic E-state index is 12.1. The predicted molar refractivity (Wildman–Crippen MR) is 59.2 cm³/mol. The van der Waals surface area contributed by atoms with Gasteiger partial charge in [0.2, 0.25) is 0 Å². The van der Waals surface area contributed by atoms with Gasteiger partial charge in [0.05, 0.1) is 6.10 Å². The monoisotopic (exact) mass is 254 g/mol. The Morgan fingerprint density at radius 2 is 2.18 bits per heavy atom. The van der Waals surface area contributed by atoms with Crippen LogP contribution >= 0.6 is 0 Å². The van der Waals surface area contributed by atoms with Crippen LogP contribution in [0.5, 0.6) is 0 Å². The SMILES string of the molecule is CCC1OCCC1C(CCCC(F)(F)F)NN. The molecule has 3 N–H and O–H groups in total. The fourth-order valence-corrected chi connectivity index (χ4v) is 2.49. The molecule has 17 heavy (non-hydrogen) atoms. The second-order valence-electron chi connectivity index (χ2n) is 4.55. The summed E-state index contributed by atoms with van der Waals surface area (Å²) in [7, 11) is 0. The third kappa shape index (κ3) is 4.81. The van der Waals surface area contributed by atoms with Crippen LogP contribution in [0, 0.1) is 5.92 Å². The Kier molecular flexibility index (Phi) is 5.69. The van der Waals surface area contributed by atoms with Crippen molar-refractivity contribution >= 4 is 0 Å². The van der Waals surface area contributed by atoms with Gasteiger partial charge in [0.15, 0.2) is 0 Å². The van der Waals surface area contributed by atoms with E-state index in [-0.39, 0.29) is 24.5 Å². The van der Waals surface area contributed by atoms with Gasteiger partial charge in [-0.05, 0) is 25.7 Å². The lowest BCUT2D eigenvalue weighted by Gasteiger charge is -2.26. The van der Waals surface area contributed by atoms with Gasteiger partial charge in [0.1, 0.15) is 0 Å². The molecule has 0 amide bonds. The van der Waals surface area contributed by atoms with E-state index in [1.165, 1.54) is 0 Å². The van der Waals surface area contributed by atoms with Crippen LogP contribution in [-0.4, -0.2) is 24.9 Å². The predicted octanol–water partition coefficient (Wildman–Crippen LogP) is 2.37. The molecule has 102 valence electrons. The van der Waals surface area contributed by atoms with E-state index in [0.717, 1.165) is 12.8 Å². The van der Waals surface area contributed by atoms with Crippen LogP contribution in [0.2, 0.25) is 0 Å². The summed E-state index contributed by atoms with van der Waals surface area (Å²) < 4.78 is 41.7. The van der Waals surface area contributed by atoms with Gasteiger partial charge in [-0.15, -0.1) is 0 Å². The minimum Gasteiger partial charge on any atom is -0.378 e. The van der Waals surface area contributed by atoms with Crippen LogP contribution in [-0.2, 0) is 4.74 Å². The lowest BCUT2D eigenvalue weighted by atomic mass is 9.88. The van der Waals surface area contributed by atoms with Crippen LogP contribution in [0.1, 0.15) is 39.0 Å². The number of nitrogens with two attached hydrogens (primary N) is 1. The first kappa shape index (κ1) is 14.7. The zero-order chi connectivity index (χ0) is 12.9. The molecule has 1 saturated heterocycles. The quantitative estimate of drug-likeness (QED) is 0.565. The molecule has 0 spiro atoms. The molecule has 0 aromatic heterocycles. The lowest BCUT2D eigenvalue weighted by molar-refractivity contribution is -0.136. The van der Waals surface area contributed by atoms with Gasteiger partial charge < -0.3 is 4.74 Å². The highest BCUT2D eigenvalue weighted by atomic mass is 19.4. The molecular weight excluding hydrogens is 233 g/mol. The van der Waals surface area contributed by atoms with E-state index in [1.54, 1.807) is 0 Å². The third-order valence-electron chi connectivity index (χ3n) is 3.37. The molecule has 6 heteroatoms. The molecule has 0 bridgehead atoms. The minimum atomic E-state index is -4.07. The van der Waals surface area contributed by atoms with E-state index in [4.69, 9.17) is 10.6 Å². The third-order valence-corrected chi connectivity index (χ3v) is 3.37. The molecular formula is C11H21F3N2O. The highest BCUT2D eigenvalue weighted by Gasteiger charge is 2.34. The summed E-state index contributed by atoms with van der Waals surface area (Å²) >= 11 is 0. The molecule has 3 nitrogen and oxygen atoms in total. The molecule has 1 aliphatic rings. The fraction of sp³-hybridized carbons (Fsp3) is 1.00. The van der Waals surface area contributed by atoms with E-state index in [1.807, 2.05) is 6.92 Å². The van der Waals surface area contributed by atoms with Crippen molar-refractivity contribution in [2.24, 2.45) is 11.8 Å². The number of rotatable bonds is 6. The van der Waals surface area contributed by atoms with Crippen LogP contribution in [0.4, 0.5) is 13.2 Å². The van der Waals surface area contributed by atoms with Crippen molar-refractivity contribution in [1.29, 1.82) is 0 Å². The Morgan fingerprint density at radius 1 is 1.47 bits per heavy atom. The smallest absolute Gasteiger partial charge is 0.378 e. The molecule has 0 aromatic carbocycles. The van der Waals surface area contributed by atoms with Crippen molar-refractivity contribution in [3.05, 3.63) is 0 Å². The molecule has 3 unspecified atom stereocenters. The molecule has 0 radical (unpaired) electrons. The largest absolute Gasteiger partial charge is 0.389 e. The van der Waals surface area contributed by atoms with Crippen LogP contribution in [0.3, 0.4) is 0 Å². The summed E-state index contributed by atoms with van der Waals surface area (Å²) in [4.78, 5) is 0. The minimum absolute atomic E-state index is 0.0789. The van der Waals surface area contributed by atoms with Crippen LogP contribution in [0.25, 0.3) is 0 Å². The Hall–Kier alpha value is -0.330. The van der Waals surface area contributed by atoms with Gasteiger partial charge >= 0.3 is 6.18 Å². The first-order valence-electron chi connectivity index (χ1n) is 6.12. The number of nitrogens with one attached hydrogen (secondary N) is 1. The molecule has 1 heterocycles. The van der Waals surface area contributed by atoms with E-state index in [2.05, 4.69) is 5.43 Å². The average molecular weight is 254 g/mol. The van der Waals surface area contributed by atoms with Gasteiger partial charge in [-0.1, -0.05) is 6.92 Å². The van der Waals surface area contributed by atoms with E-state index in [0.29, 0.717) is 13.0 Å². The molecule has 1 fully saturated rings. The number of hydrazine groups is 1. The Balaban J connectivity index is 2.37. The normalized spacial score (nSPS) is 27.4. The highest BCUT2D eigenvalue weighted by Crippen LogP contribution is 2.30. The number of halogens is 3. The molecule has 0 aliphatic carbocycles. The molecule has 0 aromatic rings. The second kappa shape index (κ2) is 6.56. The Morgan fingerprint density at radius 3 is 2.71 bits per heavy atom. The highest BCUT2D eigenvalue weighted by molar-refractivity contribution is 4.84. The van der Waals surface area contributed by atoms with Crippen LogP contribution in [0.15, 0.2) is 0 Å². The summed E-state index contributed by atoms with van der Waals surface area (Å²) in [6, 6.07) is -0.0789.